The van der Waals surface area contributed by atoms with Gasteiger partial charge in [-0.05, 0) is 13.8 Å². The van der Waals surface area contributed by atoms with E-state index < -0.39 is 36.6 Å². The highest BCUT2D eigenvalue weighted by Gasteiger charge is 2.29. The molecule has 0 radical (unpaired) electrons. The van der Waals surface area contributed by atoms with Gasteiger partial charge in [-0.15, -0.1) is 0 Å². The molecular formula is C10H19NO6. The van der Waals surface area contributed by atoms with Gasteiger partial charge in [-0.1, -0.05) is 0 Å². The SMILES string of the molecule is CC(O)CN(CC(C)O)[C@@H](CC(=O)O)C(=O)O. The van der Waals surface area contributed by atoms with Crippen molar-refractivity contribution >= 4 is 11.9 Å². The van der Waals surface area contributed by atoms with Gasteiger partial charge >= 0.3 is 11.9 Å². The topological polar surface area (TPSA) is 118 Å². The van der Waals surface area contributed by atoms with Gasteiger partial charge in [0.15, 0.2) is 0 Å². The molecule has 0 saturated heterocycles. The van der Waals surface area contributed by atoms with Crippen molar-refractivity contribution in [1.29, 1.82) is 0 Å². The van der Waals surface area contributed by atoms with Gasteiger partial charge in [0.05, 0.1) is 18.6 Å². The van der Waals surface area contributed by atoms with Crippen LogP contribution in [0.25, 0.3) is 0 Å². The van der Waals surface area contributed by atoms with E-state index in [1.54, 1.807) is 0 Å². The number of carbonyl (C=O) groups is 2. The van der Waals surface area contributed by atoms with Gasteiger partial charge in [-0.25, -0.2) is 0 Å². The van der Waals surface area contributed by atoms with E-state index in [1.807, 2.05) is 0 Å². The predicted octanol–water partition coefficient (Wildman–Crippen LogP) is -1.02. The van der Waals surface area contributed by atoms with E-state index in [4.69, 9.17) is 10.2 Å². The van der Waals surface area contributed by atoms with E-state index in [-0.39, 0.29) is 13.1 Å². The summed E-state index contributed by atoms with van der Waals surface area (Å²) < 4.78 is 0. The second kappa shape index (κ2) is 7.21. The monoisotopic (exact) mass is 249 g/mol. The molecule has 0 aromatic carbocycles. The van der Waals surface area contributed by atoms with Crippen molar-refractivity contribution in [2.45, 2.75) is 38.5 Å². The molecule has 0 saturated carbocycles. The standard InChI is InChI=1S/C10H19NO6/c1-6(12)4-11(5-7(2)13)8(10(16)17)3-9(14)15/h6-8,12-13H,3-5H2,1-2H3,(H,14,15)(H,16,17)/t6?,7?,8-/m0/s1. The zero-order valence-electron chi connectivity index (χ0n) is 9.91. The number of hydrogen-bond donors (Lipinski definition) is 4. The predicted molar refractivity (Wildman–Crippen MR) is 58.6 cm³/mol. The molecular weight excluding hydrogens is 230 g/mol. The summed E-state index contributed by atoms with van der Waals surface area (Å²) in [6.45, 7) is 2.92. The molecule has 17 heavy (non-hydrogen) atoms. The fourth-order valence-corrected chi connectivity index (χ4v) is 1.55. The summed E-state index contributed by atoms with van der Waals surface area (Å²) in [5.41, 5.74) is 0. The van der Waals surface area contributed by atoms with Crippen LogP contribution in [0.3, 0.4) is 0 Å². The maximum atomic E-state index is 11.0. The Morgan fingerprint density at radius 1 is 1.06 bits per heavy atom. The first-order valence-corrected chi connectivity index (χ1v) is 5.28. The van der Waals surface area contributed by atoms with Gasteiger partial charge in [0, 0.05) is 13.1 Å². The summed E-state index contributed by atoms with van der Waals surface area (Å²) in [4.78, 5) is 22.8. The van der Waals surface area contributed by atoms with Crippen LogP contribution in [0.2, 0.25) is 0 Å². The molecule has 4 N–H and O–H groups in total. The van der Waals surface area contributed by atoms with Crippen LogP contribution in [0.15, 0.2) is 0 Å². The zero-order chi connectivity index (χ0) is 13.6. The second-order valence-electron chi connectivity index (χ2n) is 4.10. The normalized spacial score (nSPS) is 16.5. The molecule has 7 nitrogen and oxygen atoms in total. The molecule has 0 amide bonds. The molecule has 0 aliphatic heterocycles. The van der Waals surface area contributed by atoms with Crippen LogP contribution in [0.5, 0.6) is 0 Å². The Kier molecular flexibility index (Phi) is 6.71. The third-order valence-electron chi connectivity index (χ3n) is 2.09. The second-order valence-corrected chi connectivity index (χ2v) is 4.10. The fraction of sp³-hybridized carbons (Fsp3) is 0.800. The molecule has 0 fully saturated rings. The Morgan fingerprint density at radius 2 is 1.47 bits per heavy atom. The van der Waals surface area contributed by atoms with Crippen LogP contribution in [-0.4, -0.2) is 68.6 Å². The molecule has 0 heterocycles. The average Bonchev–Trinajstić information content (AvgIpc) is 2.10. The number of rotatable bonds is 8. The minimum atomic E-state index is -1.28. The number of aliphatic hydroxyl groups is 2. The summed E-state index contributed by atoms with van der Waals surface area (Å²) in [5, 5.41) is 36.1. The number of aliphatic hydroxyl groups excluding tert-OH is 2. The summed E-state index contributed by atoms with van der Waals surface area (Å²) in [7, 11) is 0. The summed E-state index contributed by atoms with van der Waals surface area (Å²) in [6.07, 6.45) is -2.18. The minimum Gasteiger partial charge on any atom is -0.481 e. The smallest absolute Gasteiger partial charge is 0.321 e. The number of carboxylic acids is 2. The van der Waals surface area contributed by atoms with Crippen LogP contribution in [0.4, 0.5) is 0 Å². The van der Waals surface area contributed by atoms with Crippen molar-refractivity contribution in [3.8, 4) is 0 Å². The third kappa shape index (κ3) is 6.88. The zero-order valence-corrected chi connectivity index (χ0v) is 9.91. The Bertz CT molecular complexity index is 256. The first kappa shape index (κ1) is 15.8. The Labute approximate surface area is 99.3 Å². The lowest BCUT2D eigenvalue weighted by Crippen LogP contribution is -2.48. The maximum absolute atomic E-state index is 11.0. The van der Waals surface area contributed by atoms with Gasteiger partial charge in [0.25, 0.3) is 0 Å². The molecule has 100 valence electrons. The van der Waals surface area contributed by atoms with Crippen LogP contribution in [-0.2, 0) is 9.59 Å². The van der Waals surface area contributed by atoms with Crippen LogP contribution in [0, 0.1) is 0 Å². The molecule has 7 heteroatoms. The molecule has 0 aliphatic rings. The van der Waals surface area contributed by atoms with Gasteiger partial charge in [0.2, 0.25) is 0 Å². The quantitative estimate of drug-likeness (QED) is 0.434. The highest BCUT2D eigenvalue weighted by molar-refractivity contribution is 5.80. The van der Waals surface area contributed by atoms with Crippen molar-refractivity contribution in [3.05, 3.63) is 0 Å². The molecule has 0 bridgehead atoms. The van der Waals surface area contributed by atoms with E-state index in [1.165, 1.54) is 18.7 Å². The molecule has 0 spiro atoms. The van der Waals surface area contributed by atoms with E-state index >= 15 is 0 Å². The molecule has 0 rings (SSSR count). The summed E-state index contributed by atoms with van der Waals surface area (Å²) in [5.74, 6) is -2.52. The fourth-order valence-electron chi connectivity index (χ4n) is 1.55. The molecule has 0 aromatic heterocycles. The third-order valence-corrected chi connectivity index (χ3v) is 2.09. The lowest BCUT2D eigenvalue weighted by molar-refractivity contribution is -0.150. The number of aliphatic carboxylic acids is 2. The molecule has 0 aliphatic carbocycles. The largest absolute Gasteiger partial charge is 0.481 e. The van der Waals surface area contributed by atoms with Gasteiger partial charge < -0.3 is 20.4 Å². The number of nitrogens with zero attached hydrogens (tertiary/aromatic N) is 1. The lowest BCUT2D eigenvalue weighted by Gasteiger charge is -2.29. The van der Waals surface area contributed by atoms with Crippen LogP contribution < -0.4 is 0 Å². The van der Waals surface area contributed by atoms with Gasteiger partial charge in [-0.3, -0.25) is 14.5 Å². The Morgan fingerprint density at radius 3 is 1.71 bits per heavy atom. The average molecular weight is 249 g/mol. The minimum absolute atomic E-state index is 0.00481. The molecule has 2 unspecified atom stereocenters. The highest BCUT2D eigenvalue weighted by Crippen LogP contribution is 2.08. The van der Waals surface area contributed by atoms with E-state index in [9.17, 15) is 19.8 Å². The summed E-state index contributed by atoms with van der Waals surface area (Å²) >= 11 is 0. The Balaban J connectivity index is 4.78. The van der Waals surface area contributed by atoms with E-state index in [2.05, 4.69) is 0 Å². The highest BCUT2D eigenvalue weighted by atomic mass is 16.4. The van der Waals surface area contributed by atoms with Crippen molar-refractivity contribution in [2.75, 3.05) is 13.1 Å². The van der Waals surface area contributed by atoms with Crippen LogP contribution >= 0.6 is 0 Å². The number of carboxylic acid groups (broad SMARTS) is 2. The van der Waals surface area contributed by atoms with Crippen molar-refractivity contribution < 1.29 is 30.0 Å². The van der Waals surface area contributed by atoms with Gasteiger partial charge in [0.1, 0.15) is 6.04 Å². The van der Waals surface area contributed by atoms with E-state index in [0.717, 1.165) is 0 Å². The first-order valence-electron chi connectivity index (χ1n) is 5.28. The molecule has 3 atom stereocenters. The molecule has 0 aromatic rings. The number of hydrogen-bond acceptors (Lipinski definition) is 5. The van der Waals surface area contributed by atoms with Crippen LogP contribution in [0.1, 0.15) is 20.3 Å². The lowest BCUT2D eigenvalue weighted by atomic mass is 10.1. The van der Waals surface area contributed by atoms with Crippen molar-refractivity contribution in [2.24, 2.45) is 0 Å². The Hall–Kier alpha value is -1.18. The van der Waals surface area contributed by atoms with E-state index in [0.29, 0.717) is 0 Å². The maximum Gasteiger partial charge on any atom is 0.321 e. The summed E-state index contributed by atoms with van der Waals surface area (Å²) in [6, 6.07) is -1.25. The van der Waals surface area contributed by atoms with Gasteiger partial charge in [-0.2, -0.15) is 0 Å². The van der Waals surface area contributed by atoms with Crippen molar-refractivity contribution in [1.82, 2.24) is 4.90 Å². The van der Waals surface area contributed by atoms with Crippen molar-refractivity contribution in [3.63, 3.8) is 0 Å². The first-order chi connectivity index (χ1) is 7.73.